The molecular formula is C11H15IN2O2S2. The molecule has 2 N–H and O–H groups in total. The maximum Gasteiger partial charge on any atom is 0.218 e. The van der Waals surface area contributed by atoms with Gasteiger partial charge in [-0.25, -0.2) is 8.42 Å². The van der Waals surface area contributed by atoms with E-state index in [1.165, 1.54) is 4.31 Å². The summed E-state index contributed by atoms with van der Waals surface area (Å²) in [5, 5.41) is 0. The first-order chi connectivity index (χ1) is 8.35. The highest BCUT2D eigenvalue weighted by Gasteiger charge is 2.21. The van der Waals surface area contributed by atoms with Gasteiger partial charge in [-0.2, -0.15) is 4.31 Å². The molecule has 0 bridgehead atoms. The van der Waals surface area contributed by atoms with Gasteiger partial charge in [-0.15, -0.1) is 0 Å². The van der Waals surface area contributed by atoms with Crippen molar-refractivity contribution in [2.75, 3.05) is 13.1 Å². The fraction of sp³-hybridized carbons (Fsp3) is 0.364. The molecule has 0 aliphatic carbocycles. The molecule has 1 rings (SSSR count). The van der Waals surface area contributed by atoms with E-state index in [0.717, 1.165) is 9.13 Å². The molecule has 0 unspecified atom stereocenters. The van der Waals surface area contributed by atoms with Gasteiger partial charge in [0.2, 0.25) is 10.0 Å². The summed E-state index contributed by atoms with van der Waals surface area (Å²) in [4.78, 5) is 0.183. The van der Waals surface area contributed by atoms with Crippen molar-refractivity contribution in [3.05, 3.63) is 33.4 Å². The van der Waals surface area contributed by atoms with Crippen LogP contribution in [0.15, 0.2) is 24.3 Å². The minimum Gasteiger partial charge on any atom is -0.392 e. The first kappa shape index (κ1) is 15.8. The zero-order chi connectivity index (χ0) is 13.8. The van der Waals surface area contributed by atoms with Crippen molar-refractivity contribution >= 4 is 49.8 Å². The molecule has 4 nitrogen and oxygen atoms in total. The van der Waals surface area contributed by atoms with Crippen LogP contribution in [0.25, 0.3) is 0 Å². The predicted octanol–water partition coefficient (Wildman–Crippen LogP) is 1.73. The quantitative estimate of drug-likeness (QED) is 0.586. The number of hydrogen-bond acceptors (Lipinski definition) is 3. The van der Waals surface area contributed by atoms with Gasteiger partial charge in [0.1, 0.15) is 0 Å². The van der Waals surface area contributed by atoms with Gasteiger partial charge in [0.15, 0.2) is 0 Å². The number of benzene rings is 1. The van der Waals surface area contributed by atoms with Gasteiger partial charge in [-0.1, -0.05) is 31.3 Å². The van der Waals surface area contributed by atoms with Crippen LogP contribution in [0, 0.1) is 3.57 Å². The van der Waals surface area contributed by atoms with Crippen LogP contribution in [0.1, 0.15) is 12.5 Å². The van der Waals surface area contributed by atoms with Gasteiger partial charge in [-0.3, -0.25) is 0 Å². The number of thiocarbonyl (C=S) groups is 1. The molecule has 7 heteroatoms. The van der Waals surface area contributed by atoms with E-state index in [2.05, 4.69) is 22.6 Å². The second kappa shape index (κ2) is 6.78. The smallest absolute Gasteiger partial charge is 0.218 e. The number of sulfonamides is 1. The molecular weight excluding hydrogens is 383 g/mol. The molecule has 0 heterocycles. The van der Waals surface area contributed by atoms with Gasteiger partial charge in [-0.05, 0) is 40.3 Å². The molecule has 0 aliphatic rings. The highest BCUT2D eigenvalue weighted by atomic mass is 127. The number of likely N-dealkylation sites (N-methyl/N-ethyl adjacent to an activating group) is 1. The molecule has 1 aromatic rings. The first-order valence-corrected chi connectivity index (χ1v) is 8.45. The topological polar surface area (TPSA) is 63.4 Å². The first-order valence-electron chi connectivity index (χ1n) is 5.35. The van der Waals surface area contributed by atoms with Crippen molar-refractivity contribution in [2.24, 2.45) is 5.73 Å². The Morgan fingerprint density at radius 3 is 2.67 bits per heavy atom. The zero-order valence-electron chi connectivity index (χ0n) is 9.97. The highest BCUT2D eigenvalue weighted by molar-refractivity contribution is 14.1. The van der Waals surface area contributed by atoms with Crippen molar-refractivity contribution in [1.29, 1.82) is 0 Å². The van der Waals surface area contributed by atoms with Gasteiger partial charge in [0, 0.05) is 10.1 Å². The number of rotatable bonds is 6. The van der Waals surface area contributed by atoms with E-state index in [9.17, 15) is 8.42 Å². The van der Waals surface area contributed by atoms with E-state index < -0.39 is 10.0 Å². The van der Waals surface area contributed by atoms with E-state index in [-0.39, 0.29) is 17.3 Å². The Kier molecular flexibility index (Phi) is 5.96. The molecule has 18 heavy (non-hydrogen) atoms. The summed E-state index contributed by atoms with van der Waals surface area (Å²) >= 11 is 6.92. The Morgan fingerprint density at radius 1 is 1.50 bits per heavy atom. The lowest BCUT2D eigenvalue weighted by atomic mass is 10.2. The second-order valence-corrected chi connectivity index (χ2v) is 7.52. The van der Waals surface area contributed by atoms with Crippen molar-refractivity contribution < 1.29 is 8.42 Å². The predicted molar refractivity (Wildman–Crippen MR) is 85.8 cm³/mol. The van der Waals surface area contributed by atoms with Crippen molar-refractivity contribution in [3.8, 4) is 0 Å². The minimum absolute atomic E-state index is 0.0275. The third-order valence-electron chi connectivity index (χ3n) is 2.32. The van der Waals surface area contributed by atoms with Crippen molar-refractivity contribution in [3.63, 3.8) is 0 Å². The van der Waals surface area contributed by atoms with E-state index >= 15 is 0 Å². The van der Waals surface area contributed by atoms with E-state index in [1.807, 2.05) is 18.2 Å². The molecule has 0 saturated heterocycles. The van der Waals surface area contributed by atoms with Gasteiger partial charge >= 0.3 is 0 Å². The van der Waals surface area contributed by atoms with Crippen molar-refractivity contribution in [2.45, 2.75) is 12.7 Å². The summed E-state index contributed by atoms with van der Waals surface area (Å²) in [6, 6.07) is 7.42. The van der Waals surface area contributed by atoms with Crippen LogP contribution in [0.4, 0.5) is 0 Å². The van der Waals surface area contributed by atoms with Crippen LogP contribution in [0.5, 0.6) is 0 Å². The van der Waals surface area contributed by atoms with Gasteiger partial charge in [0.05, 0.1) is 17.3 Å². The summed E-state index contributed by atoms with van der Waals surface area (Å²) in [5.74, 6) is -0.0275. The van der Waals surface area contributed by atoms with Gasteiger partial charge in [0.25, 0.3) is 0 Å². The third kappa shape index (κ3) is 4.79. The summed E-state index contributed by atoms with van der Waals surface area (Å²) in [6.45, 7) is 2.23. The normalized spacial score (nSPS) is 11.7. The molecule has 100 valence electrons. The Balaban J connectivity index is 2.89. The molecule has 0 spiro atoms. The molecule has 0 aromatic heterocycles. The number of nitrogens with two attached hydrogens (primary N) is 1. The maximum atomic E-state index is 12.2. The molecule has 0 fully saturated rings. The molecule has 0 radical (unpaired) electrons. The summed E-state index contributed by atoms with van der Waals surface area (Å²) in [5.41, 5.74) is 6.17. The molecule has 0 aliphatic heterocycles. The lowest BCUT2D eigenvalue weighted by molar-refractivity contribution is 0.467. The second-order valence-electron chi connectivity index (χ2n) is 3.78. The van der Waals surface area contributed by atoms with Crippen LogP contribution < -0.4 is 5.73 Å². The summed E-state index contributed by atoms with van der Waals surface area (Å²) in [7, 11) is -3.37. The third-order valence-corrected chi connectivity index (χ3v) is 4.99. The average molecular weight is 398 g/mol. The summed E-state index contributed by atoms with van der Waals surface area (Å²) in [6.07, 6.45) is 0. The molecule has 0 saturated carbocycles. The largest absolute Gasteiger partial charge is 0.392 e. The minimum atomic E-state index is -3.37. The summed E-state index contributed by atoms with van der Waals surface area (Å²) < 4.78 is 26.7. The molecule has 1 aromatic carbocycles. The van der Waals surface area contributed by atoms with Crippen LogP contribution in [-0.2, 0) is 15.8 Å². The Morgan fingerprint density at radius 2 is 2.17 bits per heavy atom. The highest BCUT2D eigenvalue weighted by Crippen LogP contribution is 2.13. The fourth-order valence-electron chi connectivity index (χ4n) is 1.51. The van der Waals surface area contributed by atoms with Crippen LogP contribution in [0.3, 0.4) is 0 Å². The lowest BCUT2D eigenvalue weighted by Gasteiger charge is -2.19. The Labute approximate surface area is 127 Å². The van der Waals surface area contributed by atoms with Crippen LogP contribution in [0.2, 0.25) is 0 Å². The Bertz CT molecular complexity index is 532. The van der Waals surface area contributed by atoms with E-state index in [0.29, 0.717) is 6.54 Å². The SMILES string of the molecule is CCN(CC(N)=S)S(=O)(=O)Cc1cccc(I)c1. The van der Waals surface area contributed by atoms with Crippen LogP contribution >= 0.6 is 34.8 Å². The van der Waals surface area contributed by atoms with E-state index in [1.54, 1.807) is 13.0 Å². The number of nitrogens with zero attached hydrogens (tertiary/aromatic N) is 1. The number of hydrogen-bond donors (Lipinski definition) is 1. The average Bonchev–Trinajstić information content (AvgIpc) is 2.24. The van der Waals surface area contributed by atoms with Crippen molar-refractivity contribution in [1.82, 2.24) is 4.31 Å². The maximum absolute atomic E-state index is 12.2. The standard InChI is InChI=1S/C11H15IN2O2S2/c1-2-14(7-11(13)17)18(15,16)8-9-4-3-5-10(12)6-9/h3-6H,2,7-8H2,1H3,(H2,13,17). The number of halogens is 1. The van der Waals surface area contributed by atoms with Crippen LogP contribution in [-0.4, -0.2) is 30.8 Å². The van der Waals surface area contributed by atoms with Gasteiger partial charge < -0.3 is 5.73 Å². The lowest BCUT2D eigenvalue weighted by Crippen LogP contribution is -2.38. The molecule has 0 amide bonds. The Hall–Kier alpha value is -0.250. The monoisotopic (exact) mass is 398 g/mol. The zero-order valence-corrected chi connectivity index (χ0v) is 13.8. The fourth-order valence-corrected chi connectivity index (χ4v) is 3.87. The van der Waals surface area contributed by atoms with E-state index in [4.69, 9.17) is 18.0 Å². The molecule has 0 atom stereocenters.